The Morgan fingerprint density at radius 1 is 0.609 bits per heavy atom. The SMILES string of the molecule is O=C=NCCC1CCC(CC2CCC(CCN=C=O)CC2)CC1. The van der Waals surface area contributed by atoms with Gasteiger partial charge in [-0.1, -0.05) is 51.4 Å². The van der Waals surface area contributed by atoms with Crippen LogP contribution in [0.3, 0.4) is 0 Å². The van der Waals surface area contributed by atoms with Crippen molar-refractivity contribution in [3.63, 3.8) is 0 Å². The zero-order valence-electron chi connectivity index (χ0n) is 14.2. The second kappa shape index (κ2) is 10.5. The van der Waals surface area contributed by atoms with Crippen LogP contribution in [0.5, 0.6) is 0 Å². The predicted molar refractivity (Wildman–Crippen MR) is 90.7 cm³/mol. The van der Waals surface area contributed by atoms with Crippen LogP contribution in [0.15, 0.2) is 9.98 Å². The third kappa shape index (κ3) is 6.81. The highest BCUT2D eigenvalue weighted by molar-refractivity contribution is 5.32. The third-order valence-electron chi connectivity index (χ3n) is 6.03. The van der Waals surface area contributed by atoms with E-state index in [-0.39, 0.29) is 0 Å². The van der Waals surface area contributed by atoms with Gasteiger partial charge in [0.2, 0.25) is 12.2 Å². The summed E-state index contributed by atoms with van der Waals surface area (Å²) >= 11 is 0. The number of hydrogen-bond donors (Lipinski definition) is 0. The number of rotatable bonds is 8. The van der Waals surface area contributed by atoms with E-state index in [4.69, 9.17) is 0 Å². The molecule has 2 fully saturated rings. The second-order valence-corrected chi connectivity index (χ2v) is 7.53. The molecule has 2 aliphatic carbocycles. The van der Waals surface area contributed by atoms with E-state index in [0.29, 0.717) is 13.1 Å². The Labute approximate surface area is 139 Å². The first-order chi connectivity index (χ1) is 11.3. The summed E-state index contributed by atoms with van der Waals surface area (Å²) in [6.45, 7) is 1.33. The minimum Gasteiger partial charge on any atom is -0.211 e. The van der Waals surface area contributed by atoms with Gasteiger partial charge in [-0.15, -0.1) is 0 Å². The molecule has 0 aromatic carbocycles. The van der Waals surface area contributed by atoms with Gasteiger partial charge in [-0.3, -0.25) is 0 Å². The van der Waals surface area contributed by atoms with E-state index in [1.54, 1.807) is 12.2 Å². The predicted octanol–water partition coefficient (Wildman–Crippen LogP) is 4.44. The molecule has 0 radical (unpaired) electrons. The van der Waals surface area contributed by atoms with E-state index in [9.17, 15) is 9.59 Å². The molecule has 128 valence electrons. The van der Waals surface area contributed by atoms with Crippen molar-refractivity contribution in [2.45, 2.75) is 70.6 Å². The van der Waals surface area contributed by atoms with Gasteiger partial charge in [0.15, 0.2) is 0 Å². The standard InChI is InChI=1S/C19H30N2O2/c22-14-20-11-9-16-1-5-18(6-2-16)13-19-7-3-17(4-8-19)10-12-21-15-23/h16-19H,1-13H2. The quantitative estimate of drug-likeness (QED) is 0.490. The molecule has 2 saturated carbocycles. The number of aliphatic imine (C=N–C) groups is 2. The van der Waals surface area contributed by atoms with Gasteiger partial charge in [0.05, 0.1) is 13.1 Å². The first-order valence-corrected chi connectivity index (χ1v) is 9.39. The van der Waals surface area contributed by atoms with Crippen LogP contribution < -0.4 is 0 Å². The molecule has 0 unspecified atom stereocenters. The fourth-order valence-electron chi connectivity index (χ4n) is 4.57. The molecule has 0 bridgehead atoms. The Kier molecular flexibility index (Phi) is 8.28. The van der Waals surface area contributed by atoms with Gasteiger partial charge < -0.3 is 0 Å². The van der Waals surface area contributed by atoms with Crippen LogP contribution >= 0.6 is 0 Å². The number of isocyanates is 2. The van der Waals surface area contributed by atoms with Gasteiger partial charge in [-0.2, -0.15) is 0 Å². The van der Waals surface area contributed by atoms with Crippen molar-refractivity contribution in [2.75, 3.05) is 13.1 Å². The van der Waals surface area contributed by atoms with Crippen molar-refractivity contribution in [2.24, 2.45) is 33.7 Å². The topological polar surface area (TPSA) is 58.9 Å². The first kappa shape index (κ1) is 18.1. The maximum atomic E-state index is 10.1. The molecule has 4 nitrogen and oxygen atoms in total. The fraction of sp³-hybridized carbons (Fsp3) is 0.895. The van der Waals surface area contributed by atoms with Gasteiger partial charge in [-0.05, 0) is 42.9 Å². The number of hydrogen-bond acceptors (Lipinski definition) is 4. The molecule has 0 amide bonds. The van der Waals surface area contributed by atoms with Crippen molar-refractivity contribution in [3.05, 3.63) is 0 Å². The van der Waals surface area contributed by atoms with Crippen molar-refractivity contribution < 1.29 is 9.59 Å². The molecule has 0 N–H and O–H groups in total. The molecule has 0 saturated heterocycles. The lowest BCUT2D eigenvalue weighted by atomic mass is 9.72. The van der Waals surface area contributed by atoms with E-state index in [2.05, 4.69) is 9.98 Å². The average Bonchev–Trinajstić information content (AvgIpc) is 2.58. The van der Waals surface area contributed by atoms with E-state index in [1.807, 2.05) is 0 Å². The molecule has 0 heterocycles. The first-order valence-electron chi connectivity index (χ1n) is 9.39. The lowest BCUT2D eigenvalue weighted by molar-refractivity contribution is 0.186. The molecule has 0 atom stereocenters. The van der Waals surface area contributed by atoms with E-state index >= 15 is 0 Å². The minimum atomic E-state index is 0.664. The van der Waals surface area contributed by atoms with E-state index in [0.717, 1.165) is 36.5 Å². The average molecular weight is 318 g/mol. The highest BCUT2D eigenvalue weighted by Gasteiger charge is 2.26. The van der Waals surface area contributed by atoms with Crippen molar-refractivity contribution in [1.29, 1.82) is 0 Å². The van der Waals surface area contributed by atoms with Gasteiger partial charge in [0.25, 0.3) is 0 Å². The summed E-state index contributed by atoms with van der Waals surface area (Å²) in [4.78, 5) is 27.6. The molecule has 2 aliphatic rings. The molecule has 2 rings (SSSR count). The van der Waals surface area contributed by atoms with Crippen LogP contribution in [0.2, 0.25) is 0 Å². The van der Waals surface area contributed by atoms with Crippen LogP contribution in [-0.4, -0.2) is 25.2 Å². The second-order valence-electron chi connectivity index (χ2n) is 7.53. The highest BCUT2D eigenvalue weighted by Crippen LogP contribution is 2.39. The minimum absolute atomic E-state index is 0.664. The molecule has 4 heteroatoms. The summed E-state index contributed by atoms with van der Waals surface area (Å²) in [5.74, 6) is 3.39. The Hall–Kier alpha value is -1.24. The van der Waals surface area contributed by atoms with Crippen molar-refractivity contribution >= 4 is 12.2 Å². The van der Waals surface area contributed by atoms with Gasteiger partial charge >= 0.3 is 0 Å². The van der Waals surface area contributed by atoms with Crippen LogP contribution in [0, 0.1) is 23.7 Å². The highest BCUT2D eigenvalue weighted by atomic mass is 16.1. The summed E-state index contributed by atoms with van der Waals surface area (Å²) in [5.41, 5.74) is 0. The Bertz CT molecular complexity index is 383. The summed E-state index contributed by atoms with van der Waals surface area (Å²) in [7, 11) is 0. The number of nitrogens with zero attached hydrogens (tertiary/aromatic N) is 2. The maximum Gasteiger partial charge on any atom is 0.234 e. The molecule has 23 heavy (non-hydrogen) atoms. The lowest BCUT2D eigenvalue weighted by Gasteiger charge is -2.34. The maximum absolute atomic E-state index is 10.1. The van der Waals surface area contributed by atoms with Crippen molar-refractivity contribution in [3.8, 4) is 0 Å². The number of carbonyl (C=O) groups excluding carboxylic acids is 2. The molecule has 0 aromatic heterocycles. The Morgan fingerprint density at radius 3 is 1.30 bits per heavy atom. The summed E-state index contributed by atoms with van der Waals surface area (Å²) in [6, 6.07) is 0. The monoisotopic (exact) mass is 318 g/mol. The summed E-state index contributed by atoms with van der Waals surface area (Å²) in [5, 5.41) is 0. The summed E-state index contributed by atoms with van der Waals surface area (Å²) < 4.78 is 0. The van der Waals surface area contributed by atoms with E-state index < -0.39 is 0 Å². The third-order valence-corrected chi connectivity index (χ3v) is 6.03. The Balaban J connectivity index is 1.58. The van der Waals surface area contributed by atoms with Crippen molar-refractivity contribution in [1.82, 2.24) is 0 Å². The van der Waals surface area contributed by atoms with E-state index in [1.165, 1.54) is 57.8 Å². The van der Waals surface area contributed by atoms with Crippen LogP contribution in [0.1, 0.15) is 70.6 Å². The Morgan fingerprint density at radius 2 is 0.957 bits per heavy atom. The normalized spacial score (nSPS) is 31.0. The smallest absolute Gasteiger partial charge is 0.211 e. The van der Waals surface area contributed by atoms with Gasteiger partial charge in [0.1, 0.15) is 0 Å². The van der Waals surface area contributed by atoms with Crippen LogP contribution in [0.25, 0.3) is 0 Å². The summed E-state index contributed by atoms with van der Waals surface area (Å²) in [6.07, 6.45) is 17.6. The molecular formula is C19H30N2O2. The molecular weight excluding hydrogens is 288 g/mol. The van der Waals surface area contributed by atoms with Gasteiger partial charge in [0, 0.05) is 0 Å². The molecule has 0 aromatic rings. The van der Waals surface area contributed by atoms with Crippen LogP contribution in [-0.2, 0) is 9.59 Å². The van der Waals surface area contributed by atoms with Gasteiger partial charge in [-0.25, -0.2) is 19.6 Å². The zero-order valence-corrected chi connectivity index (χ0v) is 14.2. The zero-order chi connectivity index (χ0) is 16.3. The molecule has 0 aliphatic heterocycles. The lowest BCUT2D eigenvalue weighted by Crippen LogP contribution is -2.21. The fourth-order valence-corrected chi connectivity index (χ4v) is 4.57. The largest absolute Gasteiger partial charge is 0.234 e. The molecule has 0 spiro atoms. The van der Waals surface area contributed by atoms with Crippen LogP contribution in [0.4, 0.5) is 0 Å².